The second-order valence-corrected chi connectivity index (χ2v) is 10.1. The second kappa shape index (κ2) is 8.77. The normalized spacial score (nSPS) is 23.1. The van der Waals surface area contributed by atoms with E-state index in [0.717, 1.165) is 43.9 Å². The summed E-state index contributed by atoms with van der Waals surface area (Å²) in [6.45, 7) is 1.89. The van der Waals surface area contributed by atoms with Crippen LogP contribution in [0.5, 0.6) is 5.88 Å². The summed E-state index contributed by atoms with van der Waals surface area (Å²) in [6.07, 6.45) is 6.15. The van der Waals surface area contributed by atoms with Crippen molar-refractivity contribution in [2.75, 3.05) is 18.8 Å². The number of thioether (sulfide) groups is 1. The molecular formula is C23H28N4O4S. The summed E-state index contributed by atoms with van der Waals surface area (Å²) < 4.78 is 3.53. The first-order valence-corrected chi connectivity index (χ1v) is 12.4. The Morgan fingerprint density at radius 1 is 1.09 bits per heavy atom. The SMILES string of the molecule is O=C(CSc1nc(O)cc(=O)n1C1CCCCC1)N1C[C@H]2C[C@@H](C1)c1cccc(=O)n1C2. The summed E-state index contributed by atoms with van der Waals surface area (Å²) in [7, 11) is 0. The van der Waals surface area contributed by atoms with Gasteiger partial charge in [-0.15, -0.1) is 0 Å². The first kappa shape index (κ1) is 21.3. The van der Waals surface area contributed by atoms with Crippen molar-refractivity contribution in [3.63, 3.8) is 0 Å². The molecule has 1 N–H and O–H groups in total. The monoisotopic (exact) mass is 456 g/mol. The third-order valence-corrected chi connectivity index (χ3v) is 7.94. The number of pyridine rings is 1. The number of piperidine rings is 1. The lowest BCUT2D eigenvalue weighted by Crippen LogP contribution is -2.49. The molecule has 8 nitrogen and oxygen atoms in total. The van der Waals surface area contributed by atoms with E-state index in [4.69, 9.17) is 0 Å². The van der Waals surface area contributed by atoms with Gasteiger partial charge in [0.05, 0.1) is 11.8 Å². The van der Waals surface area contributed by atoms with E-state index in [0.29, 0.717) is 24.8 Å². The molecule has 2 fully saturated rings. The average molecular weight is 457 g/mol. The topological polar surface area (TPSA) is 97.4 Å². The molecule has 9 heteroatoms. The average Bonchev–Trinajstić information content (AvgIpc) is 2.78. The molecule has 3 aliphatic rings. The molecule has 0 unspecified atom stereocenters. The molecule has 1 aliphatic carbocycles. The molecule has 1 amide bonds. The van der Waals surface area contributed by atoms with E-state index >= 15 is 0 Å². The number of carbonyl (C=O) groups is 1. The smallest absolute Gasteiger partial charge is 0.258 e. The zero-order valence-corrected chi connectivity index (χ0v) is 18.8. The van der Waals surface area contributed by atoms with Crippen molar-refractivity contribution in [2.24, 2.45) is 5.92 Å². The van der Waals surface area contributed by atoms with Gasteiger partial charge in [-0.1, -0.05) is 37.1 Å². The van der Waals surface area contributed by atoms with E-state index in [2.05, 4.69) is 4.98 Å². The van der Waals surface area contributed by atoms with Gasteiger partial charge in [-0.2, -0.15) is 4.98 Å². The number of fused-ring (bicyclic) bond motifs is 4. The lowest BCUT2D eigenvalue weighted by atomic mass is 9.83. The molecule has 0 radical (unpaired) electrons. The van der Waals surface area contributed by atoms with Crippen LogP contribution in [-0.2, 0) is 11.3 Å². The highest BCUT2D eigenvalue weighted by Gasteiger charge is 2.36. The number of aromatic nitrogens is 3. The molecule has 1 saturated carbocycles. The van der Waals surface area contributed by atoms with Gasteiger partial charge in [0.2, 0.25) is 11.8 Å². The predicted molar refractivity (Wildman–Crippen MR) is 121 cm³/mol. The number of hydrogen-bond donors (Lipinski definition) is 1. The van der Waals surface area contributed by atoms with Gasteiger partial charge in [-0.3, -0.25) is 19.0 Å². The number of carbonyl (C=O) groups excluding carboxylic acids is 1. The first-order chi connectivity index (χ1) is 15.5. The number of aromatic hydroxyl groups is 1. The Kier molecular flexibility index (Phi) is 5.84. The maximum Gasteiger partial charge on any atom is 0.258 e. The summed E-state index contributed by atoms with van der Waals surface area (Å²) >= 11 is 1.23. The van der Waals surface area contributed by atoms with Crippen LogP contribution >= 0.6 is 11.8 Å². The molecule has 32 heavy (non-hydrogen) atoms. The molecular weight excluding hydrogens is 428 g/mol. The fourth-order valence-corrected chi connectivity index (χ4v) is 6.52. The lowest BCUT2D eigenvalue weighted by Gasteiger charge is -2.42. The van der Waals surface area contributed by atoms with Crippen molar-refractivity contribution < 1.29 is 9.90 Å². The Labute approximate surface area is 190 Å². The third kappa shape index (κ3) is 4.10. The van der Waals surface area contributed by atoms with Gasteiger partial charge < -0.3 is 14.6 Å². The summed E-state index contributed by atoms with van der Waals surface area (Å²) in [5.74, 6) is 0.318. The van der Waals surface area contributed by atoms with E-state index < -0.39 is 0 Å². The van der Waals surface area contributed by atoms with Gasteiger partial charge in [-0.05, 0) is 31.2 Å². The summed E-state index contributed by atoms with van der Waals surface area (Å²) in [4.78, 5) is 44.0. The van der Waals surface area contributed by atoms with Crippen molar-refractivity contribution in [2.45, 2.75) is 62.2 Å². The number of amides is 1. The molecule has 2 atom stereocenters. The van der Waals surface area contributed by atoms with Crippen LogP contribution in [0.3, 0.4) is 0 Å². The van der Waals surface area contributed by atoms with Crippen LogP contribution in [0, 0.1) is 5.92 Å². The molecule has 5 rings (SSSR count). The minimum Gasteiger partial charge on any atom is -0.493 e. The minimum absolute atomic E-state index is 0.00390. The Morgan fingerprint density at radius 3 is 2.72 bits per heavy atom. The first-order valence-electron chi connectivity index (χ1n) is 11.4. The van der Waals surface area contributed by atoms with Gasteiger partial charge in [0.25, 0.3) is 11.1 Å². The van der Waals surface area contributed by atoms with E-state index in [1.54, 1.807) is 16.7 Å². The zero-order valence-electron chi connectivity index (χ0n) is 18.0. The highest BCUT2D eigenvalue weighted by molar-refractivity contribution is 7.99. The lowest BCUT2D eigenvalue weighted by molar-refractivity contribution is -0.131. The maximum absolute atomic E-state index is 13.1. The minimum atomic E-state index is -0.299. The van der Waals surface area contributed by atoms with E-state index in [9.17, 15) is 19.5 Å². The fourth-order valence-electron chi connectivity index (χ4n) is 5.55. The maximum atomic E-state index is 13.1. The van der Waals surface area contributed by atoms with Gasteiger partial charge in [0.15, 0.2) is 5.16 Å². The second-order valence-electron chi connectivity index (χ2n) is 9.18. The molecule has 0 aromatic carbocycles. The van der Waals surface area contributed by atoms with Crippen LogP contribution in [-0.4, -0.2) is 48.9 Å². The summed E-state index contributed by atoms with van der Waals surface area (Å²) in [5, 5.41) is 10.3. The van der Waals surface area contributed by atoms with E-state index in [-0.39, 0.29) is 46.5 Å². The van der Waals surface area contributed by atoms with Gasteiger partial charge in [-0.25, -0.2) is 0 Å². The molecule has 2 aromatic rings. The highest BCUT2D eigenvalue weighted by Crippen LogP contribution is 2.36. The predicted octanol–water partition coefficient (Wildman–Crippen LogP) is 2.35. The Balaban J connectivity index is 1.31. The van der Waals surface area contributed by atoms with Gasteiger partial charge in [0, 0.05) is 43.4 Å². The Morgan fingerprint density at radius 2 is 1.91 bits per heavy atom. The molecule has 1 saturated heterocycles. The zero-order chi connectivity index (χ0) is 22.2. The van der Waals surface area contributed by atoms with Crippen molar-refractivity contribution in [3.05, 3.63) is 50.7 Å². The Bertz CT molecular complexity index is 1140. The molecule has 2 bridgehead atoms. The van der Waals surface area contributed by atoms with Crippen molar-refractivity contribution >= 4 is 17.7 Å². The fraction of sp³-hybridized carbons (Fsp3) is 0.565. The quantitative estimate of drug-likeness (QED) is 0.560. The molecule has 2 aliphatic heterocycles. The van der Waals surface area contributed by atoms with Crippen LogP contribution in [0.2, 0.25) is 0 Å². The summed E-state index contributed by atoms with van der Waals surface area (Å²) in [6, 6.07) is 6.61. The van der Waals surface area contributed by atoms with Crippen molar-refractivity contribution in [1.29, 1.82) is 0 Å². The molecule has 4 heterocycles. The third-order valence-electron chi connectivity index (χ3n) is 7.00. The highest BCUT2D eigenvalue weighted by atomic mass is 32.2. The largest absolute Gasteiger partial charge is 0.493 e. The van der Waals surface area contributed by atoms with E-state index in [1.807, 2.05) is 15.5 Å². The van der Waals surface area contributed by atoms with Crippen LogP contribution in [0.25, 0.3) is 0 Å². The number of rotatable bonds is 4. The number of likely N-dealkylation sites (tertiary alicyclic amines) is 1. The molecule has 2 aromatic heterocycles. The standard InChI is InChI=1S/C23H28N4O4S/c28-19-10-21(30)27(17-5-2-1-3-6-17)23(24-19)32-14-22(31)25-11-15-9-16(13-25)18-7-4-8-20(29)26(18)12-15/h4,7-8,10,15-17,28H,1-3,5-6,9,11-14H2/t15-,16+/m1/s1. The van der Waals surface area contributed by atoms with Gasteiger partial charge in [0.1, 0.15) is 0 Å². The molecule has 170 valence electrons. The molecule has 0 spiro atoms. The van der Waals surface area contributed by atoms with Crippen LogP contribution < -0.4 is 11.1 Å². The van der Waals surface area contributed by atoms with Crippen LogP contribution in [0.15, 0.2) is 39.0 Å². The number of nitrogens with zero attached hydrogens (tertiary/aromatic N) is 4. The number of hydrogen-bond acceptors (Lipinski definition) is 6. The summed E-state index contributed by atoms with van der Waals surface area (Å²) in [5.41, 5.74) is 0.789. The van der Waals surface area contributed by atoms with Crippen molar-refractivity contribution in [1.82, 2.24) is 19.0 Å². The van der Waals surface area contributed by atoms with E-state index in [1.165, 1.54) is 18.2 Å². The van der Waals surface area contributed by atoms with Gasteiger partial charge >= 0.3 is 0 Å². The van der Waals surface area contributed by atoms with Crippen LogP contribution in [0.4, 0.5) is 0 Å². The van der Waals surface area contributed by atoms with Crippen LogP contribution in [0.1, 0.15) is 56.2 Å². The Hall–Kier alpha value is -2.55. The van der Waals surface area contributed by atoms with Crippen molar-refractivity contribution in [3.8, 4) is 5.88 Å².